The highest BCUT2D eigenvalue weighted by Crippen LogP contribution is 2.08. The zero-order valence-electron chi connectivity index (χ0n) is 9.97. The highest BCUT2D eigenvalue weighted by atomic mass is 32.2. The quantitative estimate of drug-likeness (QED) is 0.712. The lowest BCUT2D eigenvalue weighted by Gasteiger charge is -2.06. The normalized spacial score (nSPS) is 12.1. The van der Waals surface area contributed by atoms with Crippen molar-refractivity contribution in [1.82, 2.24) is 15.0 Å². The van der Waals surface area contributed by atoms with Crippen LogP contribution >= 0.6 is 0 Å². The van der Waals surface area contributed by atoms with E-state index in [1.165, 1.54) is 0 Å². The summed E-state index contributed by atoms with van der Waals surface area (Å²) in [4.78, 5) is 11.8. The minimum Gasteiger partial charge on any atom is -0.463 e. The van der Waals surface area contributed by atoms with Crippen LogP contribution in [0.1, 0.15) is 13.3 Å². The molecule has 0 saturated heterocycles. The van der Waals surface area contributed by atoms with Gasteiger partial charge in [0.1, 0.15) is 0 Å². The maximum absolute atomic E-state index is 10.9. The topological polar surface area (TPSA) is 103 Å². The standard InChI is InChI=1S/C9H17N5O2S/c1-3-5-16-9-13-7(10)12-8(14-9)11-4-6-17(2)15/h3-6H2,1-2H3,(H3,10,11,12,13,14). The lowest BCUT2D eigenvalue weighted by atomic mass is 10.5. The van der Waals surface area contributed by atoms with Gasteiger partial charge in [-0.25, -0.2) is 0 Å². The van der Waals surface area contributed by atoms with Gasteiger partial charge in [0.15, 0.2) is 0 Å². The summed E-state index contributed by atoms with van der Waals surface area (Å²) < 4.78 is 16.1. The lowest BCUT2D eigenvalue weighted by Crippen LogP contribution is -2.14. The monoisotopic (exact) mass is 259 g/mol. The van der Waals surface area contributed by atoms with Crippen LogP contribution in [0.5, 0.6) is 6.01 Å². The minimum absolute atomic E-state index is 0.103. The zero-order valence-corrected chi connectivity index (χ0v) is 10.8. The van der Waals surface area contributed by atoms with Gasteiger partial charge in [-0.3, -0.25) is 4.21 Å². The first-order valence-electron chi connectivity index (χ1n) is 5.30. The molecule has 1 rings (SSSR count). The summed E-state index contributed by atoms with van der Waals surface area (Å²) in [6, 6.07) is 0.208. The van der Waals surface area contributed by atoms with Crippen LogP contribution in [0.3, 0.4) is 0 Å². The number of ether oxygens (including phenoxy) is 1. The third-order valence-corrected chi connectivity index (χ3v) is 2.52. The molecular weight excluding hydrogens is 242 g/mol. The van der Waals surface area contributed by atoms with Crippen LogP contribution in [-0.2, 0) is 10.8 Å². The second-order valence-electron chi connectivity index (χ2n) is 3.35. The maximum Gasteiger partial charge on any atom is 0.323 e. The second kappa shape index (κ2) is 7.00. The fourth-order valence-corrected chi connectivity index (χ4v) is 1.41. The zero-order chi connectivity index (χ0) is 12.7. The highest BCUT2D eigenvalue weighted by Gasteiger charge is 2.04. The van der Waals surface area contributed by atoms with Crippen molar-refractivity contribution < 1.29 is 8.95 Å². The number of nitrogens with zero attached hydrogens (tertiary/aromatic N) is 3. The Bertz CT molecular complexity index is 388. The Morgan fingerprint density at radius 3 is 2.82 bits per heavy atom. The summed E-state index contributed by atoms with van der Waals surface area (Å²) in [5.41, 5.74) is 5.52. The summed E-state index contributed by atoms with van der Waals surface area (Å²) in [6.45, 7) is 3.03. The first kappa shape index (κ1) is 13.6. The number of hydrogen-bond donors (Lipinski definition) is 2. The van der Waals surface area contributed by atoms with Gasteiger partial charge in [-0.05, 0) is 6.42 Å². The number of nitrogen functional groups attached to an aromatic ring is 1. The third-order valence-electron chi connectivity index (χ3n) is 1.74. The Balaban J connectivity index is 2.58. The molecule has 0 bridgehead atoms. The maximum atomic E-state index is 10.9. The minimum atomic E-state index is -0.851. The van der Waals surface area contributed by atoms with E-state index in [9.17, 15) is 4.21 Å². The van der Waals surface area contributed by atoms with Crippen LogP contribution in [0.2, 0.25) is 0 Å². The van der Waals surface area contributed by atoms with Gasteiger partial charge < -0.3 is 15.8 Å². The summed E-state index contributed by atoms with van der Waals surface area (Å²) in [7, 11) is -0.851. The van der Waals surface area contributed by atoms with Crippen LogP contribution in [0.25, 0.3) is 0 Å². The lowest BCUT2D eigenvalue weighted by molar-refractivity contribution is 0.292. The predicted molar refractivity (Wildman–Crippen MR) is 67.4 cm³/mol. The Morgan fingerprint density at radius 1 is 1.41 bits per heavy atom. The molecular formula is C9H17N5O2S. The SMILES string of the molecule is CCCOc1nc(N)nc(NCCS(C)=O)n1. The number of aromatic nitrogens is 3. The van der Waals surface area contributed by atoms with Gasteiger partial charge in [-0.15, -0.1) is 0 Å². The average Bonchev–Trinajstić information content (AvgIpc) is 2.25. The van der Waals surface area contributed by atoms with Crippen molar-refractivity contribution in [2.45, 2.75) is 13.3 Å². The summed E-state index contributed by atoms with van der Waals surface area (Å²) >= 11 is 0. The summed E-state index contributed by atoms with van der Waals surface area (Å²) in [5, 5.41) is 2.92. The molecule has 0 fully saturated rings. The highest BCUT2D eigenvalue weighted by molar-refractivity contribution is 7.84. The van der Waals surface area contributed by atoms with Crippen molar-refractivity contribution in [3.05, 3.63) is 0 Å². The van der Waals surface area contributed by atoms with Crippen LogP contribution in [0.15, 0.2) is 0 Å². The van der Waals surface area contributed by atoms with E-state index in [0.29, 0.717) is 24.9 Å². The molecule has 1 aromatic heterocycles. The fourth-order valence-electron chi connectivity index (χ4n) is 1.02. The average molecular weight is 259 g/mol. The molecule has 0 aliphatic rings. The van der Waals surface area contributed by atoms with Crippen molar-refractivity contribution in [2.24, 2.45) is 0 Å². The number of hydrogen-bond acceptors (Lipinski definition) is 7. The van der Waals surface area contributed by atoms with Crippen LogP contribution in [-0.4, -0.2) is 44.3 Å². The largest absolute Gasteiger partial charge is 0.463 e. The van der Waals surface area contributed by atoms with Gasteiger partial charge in [0.2, 0.25) is 11.9 Å². The molecule has 0 radical (unpaired) electrons. The van der Waals surface area contributed by atoms with Crippen LogP contribution in [0.4, 0.5) is 11.9 Å². The molecule has 1 heterocycles. The van der Waals surface area contributed by atoms with E-state index in [-0.39, 0.29) is 12.0 Å². The van der Waals surface area contributed by atoms with E-state index in [1.807, 2.05) is 6.92 Å². The van der Waals surface area contributed by atoms with Crippen LogP contribution in [0, 0.1) is 0 Å². The van der Waals surface area contributed by atoms with Gasteiger partial charge in [-0.1, -0.05) is 6.92 Å². The van der Waals surface area contributed by atoms with Crippen molar-refractivity contribution in [1.29, 1.82) is 0 Å². The molecule has 8 heteroatoms. The molecule has 17 heavy (non-hydrogen) atoms. The Hall–Kier alpha value is -1.44. The Labute approximate surface area is 103 Å². The number of nitrogens with two attached hydrogens (primary N) is 1. The molecule has 1 atom stereocenters. The number of anilines is 2. The molecule has 0 aromatic carbocycles. The third kappa shape index (κ3) is 5.43. The molecule has 96 valence electrons. The molecule has 0 aliphatic heterocycles. The first-order chi connectivity index (χ1) is 8.11. The van der Waals surface area contributed by atoms with Gasteiger partial charge in [0, 0.05) is 29.4 Å². The molecule has 1 aromatic rings. The van der Waals surface area contributed by atoms with Gasteiger partial charge in [0.05, 0.1) is 6.61 Å². The summed E-state index contributed by atoms with van der Waals surface area (Å²) in [6.07, 6.45) is 2.50. The smallest absolute Gasteiger partial charge is 0.323 e. The first-order valence-corrected chi connectivity index (χ1v) is 7.02. The van der Waals surface area contributed by atoms with E-state index >= 15 is 0 Å². The van der Waals surface area contributed by atoms with E-state index < -0.39 is 10.8 Å². The molecule has 0 amide bonds. The van der Waals surface area contributed by atoms with E-state index in [4.69, 9.17) is 10.5 Å². The molecule has 0 spiro atoms. The van der Waals surface area contributed by atoms with E-state index in [2.05, 4.69) is 20.3 Å². The molecule has 0 saturated carbocycles. The van der Waals surface area contributed by atoms with Gasteiger partial charge >= 0.3 is 6.01 Å². The van der Waals surface area contributed by atoms with Gasteiger partial charge in [0.25, 0.3) is 0 Å². The van der Waals surface area contributed by atoms with Crippen molar-refractivity contribution in [3.63, 3.8) is 0 Å². The van der Waals surface area contributed by atoms with Crippen molar-refractivity contribution >= 4 is 22.7 Å². The fraction of sp³-hybridized carbons (Fsp3) is 0.667. The molecule has 3 N–H and O–H groups in total. The van der Waals surface area contributed by atoms with E-state index in [0.717, 1.165) is 6.42 Å². The number of rotatable bonds is 7. The van der Waals surface area contributed by atoms with Crippen molar-refractivity contribution in [3.8, 4) is 6.01 Å². The Kier molecular flexibility index (Phi) is 5.61. The molecule has 0 aliphatic carbocycles. The molecule has 1 unspecified atom stereocenters. The molecule has 7 nitrogen and oxygen atoms in total. The van der Waals surface area contributed by atoms with Crippen LogP contribution < -0.4 is 15.8 Å². The van der Waals surface area contributed by atoms with Crippen molar-refractivity contribution in [2.75, 3.05) is 36.2 Å². The van der Waals surface area contributed by atoms with Gasteiger partial charge in [-0.2, -0.15) is 15.0 Å². The summed E-state index contributed by atoms with van der Waals surface area (Å²) in [5.74, 6) is 0.969. The Morgan fingerprint density at radius 2 is 2.18 bits per heavy atom. The van der Waals surface area contributed by atoms with E-state index in [1.54, 1.807) is 6.26 Å². The second-order valence-corrected chi connectivity index (χ2v) is 4.91. The predicted octanol–water partition coefficient (Wildman–Crippen LogP) is 0.0330. The number of nitrogens with one attached hydrogen (secondary N) is 1.